The number of ether oxygens (including phenoxy) is 3. The molecule has 0 bridgehead atoms. The molecule has 1 aliphatic heterocycles. The monoisotopic (exact) mass is 412 g/mol. The van der Waals surface area contributed by atoms with Crippen LogP contribution in [-0.2, 0) is 32.0 Å². The van der Waals surface area contributed by atoms with Crippen LogP contribution in [0, 0.1) is 0 Å². The molecule has 1 aromatic heterocycles. The minimum absolute atomic E-state index is 0.0923. The number of carbonyl (C=O) groups is 2. The first kappa shape index (κ1) is 22.6. The second-order valence-electron chi connectivity index (χ2n) is 8.97. The first-order valence-electron chi connectivity index (χ1n) is 9.66. The lowest BCUT2D eigenvalue weighted by Crippen LogP contribution is -2.43. The van der Waals surface area contributed by atoms with Gasteiger partial charge in [-0.15, -0.1) is 11.3 Å². The number of hydrogen-bond acceptors (Lipinski definition) is 7. The van der Waals surface area contributed by atoms with Crippen LogP contribution in [0.4, 0.5) is 4.79 Å². The van der Waals surface area contributed by atoms with E-state index in [-0.39, 0.29) is 24.6 Å². The zero-order chi connectivity index (χ0) is 20.9. The number of esters is 1. The summed E-state index contributed by atoms with van der Waals surface area (Å²) in [7, 11) is 0. The minimum atomic E-state index is -0.492. The van der Waals surface area contributed by atoms with Gasteiger partial charge in [0, 0.05) is 18.5 Å². The Bertz CT molecular complexity index is 667. The molecule has 0 spiro atoms. The lowest BCUT2D eigenvalue weighted by Gasteiger charge is -2.33. The Morgan fingerprint density at radius 1 is 1.11 bits per heavy atom. The largest absolute Gasteiger partial charge is 0.460 e. The number of thiazole rings is 1. The second-order valence-corrected chi connectivity index (χ2v) is 9.92. The summed E-state index contributed by atoms with van der Waals surface area (Å²) in [6.07, 6.45) is 1.55. The van der Waals surface area contributed by atoms with Crippen molar-refractivity contribution in [3.8, 4) is 0 Å². The number of carbonyl (C=O) groups excluding carboxylic acids is 2. The van der Waals surface area contributed by atoms with Gasteiger partial charge >= 0.3 is 12.1 Å². The van der Waals surface area contributed by atoms with Crippen molar-refractivity contribution in [1.29, 1.82) is 0 Å². The normalized spacial score (nSPS) is 16.1. The predicted octanol–water partition coefficient (Wildman–Crippen LogP) is 3.94. The highest BCUT2D eigenvalue weighted by molar-refractivity contribution is 7.09. The van der Waals surface area contributed by atoms with Crippen molar-refractivity contribution in [2.45, 2.75) is 84.7 Å². The number of hydrogen-bond donors (Lipinski definition) is 0. The smallest absolute Gasteiger partial charge is 0.410 e. The zero-order valence-electron chi connectivity index (χ0n) is 17.7. The molecular formula is C20H32N2O5S. The molecule has 28 heavy (non-hydrogen) atoms. The fourth-order valence-corrected chi connectivity index (χ4v) is 3.50. The van der Waals surface area contributed by atoms with E-state index in [1.165, 1.54) is 11.3 Å². The summed E-state index contributed by atoms with van der Waals surface area (Å²) in [5.41, 5.74) is -0.154. The number of rotatable bonds is 5. The van der Waals surface area contributed by atoms with Crippen molar-refractivity contribution in [2.75, 3.05) is 13.1 Å². The first-order chi connectivity index (χ1) is 12.9. The van der Waals surface area contributed by atoms with Crippen LogP contribution in [0.5, 0.6) is 0 Å². The first-order valence-corrected chi connectivity index (χ1v) is 10.5. The average molecular weight is 413 g/mol. The standard InChI is InChI=1S/C20H32N2O5S/c1-19(2,3)26-17(23)11-16-21-14(13-28-16)12-25-15-7-9-22(10-8-15)18(24)27-20(4,5)6/h13,15H,7-12H2,1-6H3. The van der Waals surface area contributed by atoms with Crippen LogP contribution in [0.15, 0.2) is 5.38 Å². The summed E-state index contributed by atoms with van der Waals surface area (Å²) < 4.78 is 16.7. The summed E-state index contributed by atoms with van der Waals surface area (Å²) in [6.45, 7) is 12.8. The van der Waals surface area contributed by atoms with Crippen LogP contribution >= 0.6 is 11.3 Å². The molecule has 8 heteroatoms. The van der Waals surface area contributed by atoms with E-state index in [2.05, 4.69) is 4.98 Å². The number of aromatic nitrogens is 1. The average Bonchev–Trinajstić information content (AvgIpc) is 2.97. The molecule has 1 amide bonds. The minimum Gasteiger partial charge on any atom is -0.460 e. The Kier molecular flexibility index (Phi) is 7.45. The van der Waals surface area contributed by atoms with Gasteiger partial charge in [-0.05, 0) is 54.4 Å². The maximum Gasteiger partial charge on any atom is 0.410 e. The van der Waals surface area contributed by atoms with E-state index in [1.807, 2.05) is 46.9 Å². The van der Waals surface area contributed by atoms with E-state index >= 15 is 0 Å². The van der Waals surface area contributed by atoms with Crippen LogP contribution < -0.4 is 0 Å². The van der Waals surface area contributed by atoms with E-state index < -0.39 is 11.2 Å². The molecule has 1 aliphatic rings. The van der Waals surface area contributed by atoms with E-state index in [0.29, 0.717) is 19.7 Å². The lowest BCUT2D eigenvalue weighted by molar-refractivity contribution is -0.153. The topological polar surface area (TPSA) is 78.0 Å². The molecule has 0 aromatic carbocycles. The van der Waals surface area contributed by atoms with Crippen molar-refractivity contribution < 1.29 is 23.8 Å². The Morgan fingerprint density at radius 3 is 2.29 bits per heavy atom. The van der Waals surface area contributed by atoms with Gasteiger partial charge < -0.3 is 19.1 Å². The van der Waals surface area contributed by atoms with E-state index in [1.54, 1.807) is 4.90 Å². The van der Waals surface area contributed by atoms with Gasteiger partial charge in [0.05, 0.1) is 24.8 Å². The fraction of sp³-hybridized carbons (Fsp3) is 0.750. The summed E-state index contributed by atoms with van der Waals surface area (Å²) in [4.78, 5) is 30.2. The van der Waals surface area contributed by atoms with Gasteiger partial charge in [0.1, 0.15) is 16.2 Å². The predicted molar refractivity (Wildman–Crippen MR) is 107 cm³/mol. The van der Waals surface area contributed by atoms with Crippen LogP contribution in [0.3, 0.4) is 0 Å². The molecule has 0 unspecified atom stereocenters. The maximum absolute atomic E-state index is 12.1. The molecule has 158 valence electrons. The molecule has 2 rings (SSSR count). The van der Waals surface area contributed by atoms with Gasteiger partial charge in [0.2, 0.25) is 0 Å². The molecular weight excluding hydrogens is 380 g/mol. The highest BCUT2D eigenvalue weighted by Gasteiger charge is 2.27. The van der Waals surface area contributed by atoms with Gasteiger partial charge in [-0.2, -0.15) is 0 Å². The number of likely N-dealkylation sites (tertiary alicyclic amines) is 1. The van der Waals surface area contributed by atoms with Crippen molar-refractivity contribution >= 4 is 23.4 Å². The van der Waals surface area contributed by atoms with Gasteiger partial charge in [-0.3, -0.25) is 4.79 Å². The van der Waals surface area contributed by atoms with Crippen molar-refractivity contribution in [3.05, 3.63) is 16.1 Å². The molecule has 7 nitrogen and oxygen atoms in total. The molecule has 0 radical (unpaired) electrons. The highest BCUT2D eigenvalue weighted by atomic mass is 32.1. The van der Waals surface area contributed by atoms with Gasteiger partial charge in [-0.25, -0.2) is 9.78 Å². The van der Waals surface area contributed by atoms with Crippen molar-refractivity contribution in [1.82, 2.24) is 9.88 Å². The van der Waals surface area contributed by atoms with Gasteiger partial charge in [0.15, 0.2) is 0 Å². The summed E-state index contributed by atoms with van der Waals surface area (Å²) >= 11 is 1.44. The Hall–Kier alpha value is -1.67. The van der Waals surface area contributed by atoms with Crippen LogP contribution in [0.2, 0.25) is 0 Å². The number of nitrogens with zero attached hydrogens (tertiary/aromatic N) is 2. The third-order valence-corrected chi connectivity index (χ3v) is 4.77. The fourth-order valence-electron chi connectivity index (χ4n) is 2.73. The van der Waals surface area contributed by atoms with Gasteiger partial charge in [0.25, 0.3) is 0 Å². The molecule has 0 saturated carbocycles. The molecule has 0 atom stereocenters. The summed E-state index contributed by atoms with van der Waals surface area (Å²) in [5.74, 6) is -0.274. The molecule has 1 fully saturated rings. The van der Waals surface area contributed by atoms with Crippen molar-refractivity contribution in [2.24, 2.45) is 0 Å². The van der Waals surface area contributed by atoms with Crippen molar-refractivity contribution in [3.63, 3.8) is 0 Å². The lowest BCUT2D eigenvalue weighted by atomic mass is 10.1. The molecule has 1 aromatic rings. The molecule has 1 saturated heterocycles. The third kappa shape index (κ3) is 8.14. The second kappa shape index (κ2) is 9.22. The van der Waals surface area contributed by atoms with E-state index in [4.69, 9.17) is 14.2 Å². The Labute approximate surface area is 171 Å². The van der Waals surface area contributed by atoms with E-state index in [0.717, 1.165) is 23.5 Å². The maximum atomic E-state index is 12.1. The third-order valence-electron chi connectivity index (χ3n) is 3.88. The quantitative estimate of drug-likeness (QED) is 0.682. The molecule has 2 heterocycles. The number of amides is 1. The summed E-state index contributed by atoms with van der Waals surface area (Å²) in [5, 5.41) is 2.64. The number of piperidine rings is 1. The van der Waals surface area contributed by atoms with Crippen LogP contribution in [0.1, 0.15) is 65.1 Å². The SMILES string of the molecule is CC(C)(C)OC(=O)Cc1nc(COC2CCN(C(=O)OC(C)(C)C)CC2)cs1. The summed E-state index contributed by atoms with van der Waals surface area (Å²) in [6, 6.07) is 0. The van der Waals surface area contributed by atoms with E-state index in [9.17, 15) is 9.59 Å². The molecule has 0 N–H and O–H groups in total. The highest BCUT2D eigenvalue weighted by Crippen LogP contribution is 2.20. The Balaban J connectivity index is 1.72. The van der Waals surface area contributed by atoms with Crippen LogP contribution in [-0.4, -0.2) is 52.3 Å². The van der Waals surface area contributed by atoms with Gasteiger partial charge in [-0.1, -0.05) is 0 Å². The van der Waals surface area contributed by atoms with Crippen LogP contribution in [0.25, 0.3) is 0 Å². The molecule has 0 aliphatic carbocycles. The Morgan fingerprint density at radius 2 is 1.71 bits per heavy atom. The zero-order valence-corrected chi connectivity index (χ0v) is 18.6.